The zero-order chi connectivity index (χ0) is 13.8. The van der Waals surface area contributed by atoms with Crippen LogP contribution in [0.25, 0.3) is 0 Å². The van der Waals surface area contributed by atoms with Crippen LogP contribution in [0, 0.1) is 0 Å². The zero-order valence-electron chi connectivity index (χ0n) is 11.1. The third-order valence-corrected chi connectivity index (χ3v) is 2.90. The molecule has 1 saturated heterocycles. The number of hydrogen-bond donors (Lipinski definition) is 1. The van der Waals surface area contributed by atoms with Crippen molar-refractivity contribution >= 4 is 12.0 Å². The predicted molar refractivity (Wildman–Crippen MR) is 67.9 cm³/mol. The lowest BCUT2D eigenvalue weighted by Crippen LogP contribution is -2.35. The van der Waals surface area contributed by atoms with Crippen LogP contribution in [-0.4, -0.2) is 52.9 Å². The number of cyclic esters (lactones) is 1. The van der Waals surface area contributed by atoms with Crippen molar-refractivity contribution in [1.82, 2.24) is 20.0 Å². The van der Waals surface area contributed by atoms with E-state index in [1.165, 1.54) is 0 Å². The number of nitrogens with zero attached hydrogens (tertiary/aromatic N) is 3. The van der Waals surface area contributed by atoms with Crippen LogP contribution in [0.5, 0.6) is 0 Å². The average Bonchev–Trinajstić information content (AvgIpc) is 2.98. The molecule has 0 aliphatic carbocycles. The molecule has 0 bridgehead atoms. The summed E-state index contributed by atoms with van der Waals surface area (Å²) in [6, 6.07) is 0.223. The lowest BCUT2D eigenvalue weighted by Gasteiger charge is -2.12. The van der Waals surface area contributed by atoms with Crippen molar-refractivity contribution in [2.24, 2.45) is 0 Å². The van der Waals surface area contributed by atoms with E-state index < -0.39 is 0 Å². The van der Waals surface area contributed by atoms with E-state index >= 15 is 0 Å². The second-order valence-electron chi connectivity index (χ2n) is 4.66. The molecule has 2 amide bonds. The molecular formula is C12H18N4O3. The Kier molecular flexibility index (Phi) is 4.03. The van der Waals surface area contributed by atoms with E-state index in [0.29, 0.717) is 31.8 Å². The summed E-state index contributed by atoms with van der Waals surface area (Å²) in [4.78, 5) is 24.6. The summed E-state index contributed by atoms with van der Waals surface area (Å²) in [5, 5.41) is 6.86. The molecule has 7 nitrogen and oxygen atoms in total. The van der Waals surface area contributed by atoms with Gasteiger partial charge in [0, 0.05) is 25.3 Å². The maximum atomic E-state index is 11.8. The molecule has 2 rings (SSSR count). The third kappa shape index (κ3) is 3.24. The van der Waals surface area contributed by atoms with Crippen LogP contribution < -0.4 is 5.32 Å². The molecule has 1 aliphatic rings. The third-order valence-electron chi connectivity index (χ3n) is 2.90. The molecule has 1 fully saturated rings. The van der Waals surface area contributed by atoms with Gasteiger partial charge in [0.05, 0.1) is 18.3 Å². The Morgan fingerprint density at radius 2 is 2.37 bits per heavy atom. The van der Waals surface area contributed by atoms with Crippen molar-refractivity contribution in [1.29, 1.82) is 0 Å². The van der Waals surface area contributed by atoms with Crippen molar-refractivity contribution < 1.29 is 14.3 Å². The first-order valence-electron chi connectivity index (χ1n) is 6.32. The van der Waals surface area contributed by atoms with Gasteiger partial charge in [-0.1, -0.05) is 0 Å². The second-order valence-corrected chi connectivity index (χ2v) is 4.66. The lowest BCUT2D eigenvalue weighted by molar-refractivity contribution is 0.0948. The van der Waals surface area contributed by atoms with Gasteiger partial charge in [0.2, 0.25) is 0 Å². The summed E-state index contributed by atoms with van der Waals surface area (Å²) in [6.07, 6.45) is 2.94. The minimum absolute atomic E-state index is 0.181. The molecule has 7 heteroatoms. The van der Waals surface area contributed by atoms with Gasteiger partial charge in [-0.15, -0.1) is 0 Å². The molecule has 0 spiro atoms. The molecule has 2 heterocycles. The number of nitrogens with one attached hydrogen (secondary N) is 1. The minimum Gasteiger partial charge on any atom is -0.448 e. The SMILES string of the molecule is CC(C)n1cc(C(=O)NCCN2CCOC2=O)cn1. The minimum atomic E-state index is -0.318. The Morgan fingerprint density at radius 3 is 2.95 bits per heavy atom. The maximum Gasteiger partial charge on any atom is 0.409 e. The van der Waals surface area contributed by atoms with Gasteiger partial charge in [-0.25, -0.2) is 4.79 Å². The quantitative estimate of drug-likeness (QED) is 0.848. The fourth-order valence-corrected chi connectivity index (χ4v) is 1.77. The molecule has 0 radical (unpaired) electrons. The van der Waals surface area contributed by atoms with E-state index in [4.69, 9.17) is 4.74 Å². The monoisotopic (exact) mass is 266 g/mol. The molecule has 1 aromatic heterocycles. The molecule has 0 saturated carbocycles. The van der Waals surface area contributed by atoms with Gasteiger partial charge in [-0.2, -0.15) is 5.10 Å². The first kappa shape index (κ1) is 13.4. The molecule has 19 heavy (non-hydrogen) atoms. The number of hydrogen-bond acceptors (Lipinski definition) is 4. The number of aromatic nitrogens is 2. The Balaban J connectivity index is 1.79. The highest BCUT2D eigenvalue weighted by molar-refractivity contribution is 5.93. The van der Waals surface area contributed by atoms with Crippen LogP contribution in [0.3, 0.4) is 0 Å². The second kappa shape index (κ2) is 5.73. The Morgan fingerprint density at radius 1 is 1.58 bits per heavy atom. The van der Waals surface area contributed by atoms with Gasteiger partial charge >= 0.3 is 6.09 Å². The summed E-state index contributed by atoms with van der Waals surface area (Å²) in [5.41, 5.74) is 0.526. The van der Waals surface area contributed by atoms with Crippen LogP contribution in [0.15, 0.2) is 12.4 Å². The number of ether oxygens (including phenoxy) is 1. The van der Waals surface area contributed by atoms with Crippen molar-refractivity contribution in [2.75, 3.05) is 26.2 Å². The molecule has 0 aromatic carbocycles. The summed E-state index contributed by atoms with van der Waals surface area (Å²) in [6.45, 7) is 5.86. The van der Waals surface area contributed by atoms with E-state index in [2.05, 4.69) is 10.4 Å². The van der Waals surface area contributed by atoms with Crippen LogP contribution in [-0.2, 0) is 4.74 Å². The molecule has 0 atom stereocenters. The van der Waals surface area contributed by atoms with Gasteiger partial charge in [-0.05, 0) is 13.8 Å². The van der Waals surface area contributed by atoms with Crippen LogP contribution >= 0.6 is 0 Å². The summed E-state index contributed by atoms with van der Waals surface area (Å²) >= 11 is 0. The summed E-state index contributed by atoms with van der Waals surface area (Å²) in [7, 11) is 0. The summed E-state index contributed by atoms with van der Waals surface area (Å²) < 4.78 is 6.53. The van der Waals surface area contributed by atoms with Crippen LogP contribution in [0.2, 0.25) is 0 Å². The van der Waals surface area contributed by atoms with Crippen molar-refractivity contribution in [3.8, 4) is 0 Å². The smallest absolute Gasteiger partial charge is 0.409 e. The fraction of sp³-hybridized carbons (Fsp3) is 0.583. The molecule has 0 unspecified atom stereocenters. The fourth-order valence-electron chi connectivity index (χ4n) is 1.77. The van der Waals surface area contributed by atoms with E-state index in [9.17, 15) is 9.59 Å². The van der Waals surface area contributed by atoms with Crippen LogP contribution in [0.1, 0.15) is 30.2 Å². The normalized spacial score (nSPS) is 14.9. The highest BCUT2D eigenvalue weighted by atomic mass is 16.6. The van der Waals surface area contributed by atoms with Gasteiger partial charge in [0.1, 0.15) is 6.61 Å². The number of carbonyl (C=O) groups excluding carboxylic acids is 2. The summed E-state index contributed by atoms with van der Waals surface area (Å²) in [5.74, 6) is -0.181. The van der Waals surface area contributed by atoms with Gasteiger partial charge in [0.15, 0.2) is 0 Å². The lowest BCUT2D eigenvalue weighted by atomic mass is 10.3. The van der Waals surface area contributed by atoms with Crippen molar-refractivity contribution in [3.05, 3.63) is 18.0 Å². The first-order valence-corrected chi connectivity index (χ1v) is 6.32. The number of carbonyl (C=O) groups is 2. The topological polar surface area (TPSA) is 76.5 Å². The van der Waals surface area contributed by atoms with Crippen molar-refractivity contribution in [3.63, 3.8) is 0 Å². The highest BCUT2D eigenvalue weighted by Crippen LogP contribution is 2.05. The molecule has 1 aromatic rings. The van der Waals surface area contributed by atoms with Gasteiger partial charge in [-0.3, -0.25) is 9.48 Å². The van der Waals surface area contributed by atoms with Crippen molar-refractivity contribution in [2.45, 2.75) is 19.9 Å². The maximum absolute atomic E-state index is 11.8. The standard InChI is InChI=1S/C12H18N4O3/c1-9(2)16-8-10(7-14-16)11(17)13-3-4-15-5-6-19-12(15)18/h7-9H,3-6H2,1-2H3,(H,13,17). The zero-order valence-corrected chi connectivity index (χ0v) is 11.1. The van der Waals surface area contributed by atoms with Gasteiger partial charge in [0.25, 0.3) is 5.91 Å². The Labute approximate surface area is 111 Å². The Hall–Kier alpha value is -2.05. The predicted octanol–water partition coefficient (Wildman–Crippen LogP) is 0.646. The average molecular weight is 266 g/mol. The van der Waals surface area contributed by atoms with Gasteiger partial charge < -0.3 is 15.0 Å². The molecule has 1 aliphatic heterocycles. The Bertz CT molecular complexity index is 469. The molecule has 1 N–H and O–H groups in total. The number of rotatable bonds is 5. The van der Waals surface area contributed by atoms with Crippen LogP contribution in [0.4, 0.5) is 4.79 Å². The van der Waals surface area contributed by atoms with E-state index in [1.807, 2.05) is 13.8 Å². The molecule has 104 valence electrons. The number of amides is 2. The van der Waals surface area contributed by atoms with E-state index in [-0.39, 0.29) is 18.0 Å². The first-order chi connectivity index (χ1) is 9.08. The largest absolute Gasteiger partial charge is 0.448 e. The van der Waals surface area contributed by atoms with E-state index in [1.54, 1.807) is 22.0 Å². The molecular weight excluding hydrogens is 248 g/mol. The van der Waals surface area contributed by atoms with E-state index in [0.717, 1.165) is 0 Å². The highest BCUT2D eigenvalue weighted by Gasteiger charge is 2.21.